The van der Waals surface area contributed by atoms with E-state index in [1.165, 1.54) is 6.42 Å². The zero-order valence-corrected chi connectivity index (χ0v) is 10.5. The zero-order chi connectivity index (χ0) is 12.8. The van der Waals surface area contributed by atoms with Gasteiger partial charge in [0, 0.05) is 13.1 Å². The summed E-state index contributed by atoms with van der Waals surface area (Å²) >= 11 is 0. The smallest absolute Gasteiger partial charge is 0.240 e. The maximum atomic E-state index is 12.0. The summed E-state index contributed by atoms with van der Waals surface area (Å²) < 4.78 is 0. The molecule has 0 aromatic rings. The van der Waals surface area contributed by atoms with Crippen LogP contribution in [-0.4, -0.2) is 35.8 Å². The summed E-state index contributed by atoms with van der Waals surface area (Å²) in [7, 11) is 0. The molecule has 0 bridgehead atoms. The Morgan fingerprint density at radius 3 is 2.65 bits per heavy atom. The number of rotatable bonds is 4. The van der Waals surface area contributed by atoms with Crippen LogP contribution in [0, 0.1) is 5.92 Å². The van der Waals surface area contributed by atoms with Crippen LogP contribution in [0.5, 0.6) is 0 Å². The Balaban J connectivity index is 2.48. The summed E-state index contributed by atoms with van der Waals surface area (Å²) in [4.78, 5) is 24.5. The van der Waals surface area contributed by atoms with Crippen LogP contribution >= 0.6 is 0 Å². The van der Waals surface area contributed by atoms with Crippen molar-refractivity contribution < 1.29 is 9.59 Å². The molecule has 2 atom stereocenters. The summed E-state index contributed by atoms with van der Waals surface area (Å²) in [6.45, 7) is 3.69. The molecule has 2 unspecified atom stereocenters. The Morgan fingerprint density at radius 1 is 1.35 bits per heavy atom. The van der Waals surface area contributed by atoms with Gasteiger partial charge in [0.15, 0.2) is 0 Å². The third-order valence-electron chi connectivity index (χ3n) is 3.47. The molecule has 0 spiro atoms. The van der Waals surface area contributed by atoms with Gasteiger partial charge in [-0.1, -0.05) is 13.3 Å². The quantitative estimate of drug-likeness (QED) is 0.738. The van der Waals surface area contributed by atoms with Crippen LogP contribution in [-0.2, 0) is 9.59 Å². The maximum absolute atomic E-state index is 12.0. The lowest BCUT2D eigenvalue weighted by molar-refractivity contribution is -0.134. The fourth-order valence-electron chi connectivity index (χ4n) is 2.33. The summed E-state index contributed by atoms with van der Waals surface area (Å²) in [6, 6.07) is -0.773. The van der Waals surface area contributed by atoms with Gasteiger partial charge in [-0.15, -0.1) is 0 Å². The predicted octanol–water partition coefficient (Wildman–Crippen LogP) is 0.228. The van der Waals surface area contributed by atoms with Crippen molar-refractivity contribution in [1.29, 1.82) is 0 Å². The lowest BCUT2D eigenvalue weighted by atomic mass is 9.98. The number of hydrogen-bond donors (Lipinski definition) is 2. The Bertz CT molecular complexity index is 281. The van der Waals surface area contributed by atoms with E-state index in [9.17, 15) is 9.59 Å². The highest BCUT2D eigenvalue weighted by Gasteiger charge is 2.24. The molecule has 0 radical (unpaired) electrons. The monoisotopic (exact) mass is 241 g/mol. The Hall–Kier alpha value is -1.10. The number of nitrogens with zero attached hydrogens (tertiary/aromatic N) is 1. The SMILES string of the molecule is CCC1CCCN(C(=O)C(N)CC(N)=O)CC1. The standard InChI is InChI=1S/C12H23N3O2/c1-2-9-4-3-6-15(7-5-9)12(17)10(13)8-11(14)16/h9-10H,2-8,13H2,1H3,(H2,14,16). The van der Waals surface area contributed by atoms with Gasteiger partial charge in [0.2, 0.25) is 11.8 Å². The van der Waals surface area contributed by atoms with E-state index >= 15 is 0 Å². The van der Waals surface area contributed by atoms with Crippen LogP contribution in [0.2, 0.25) is 0 Å². The minimum atomic E-state index is -0.773. The molecule has 1 heterocycles. The van der Waals surface area contributed by atoms with E-state index in [0.717, 1.165) is 32.4 Å². The zero-order valence-electron chi connectivity index (χ0n) is 10.5. The average Bonchev–Trinajstić information content (AvgIpc) is 2.52. The Kier molecular flexibility index (Phi) is 5.41. The minimum Gasteiger partial charge on any atom is -0.370 e. The van der Waals surface area contributed by atoms with Gasteiger partial charge in [-0.2, -0.15) is 0 Å². The molecule has 1 fully saturated rings. The van der Waals surface area contributed by atoms with Gasteiger partial charge >= 0.3 is 0 Å². The van der Waals surface area contributed by atoms with Crippen molar-refractivity contribution in [2.75, 3.05) is 13.1 Å². The molecule has 0 aromatic carbocycles. The molecule has 5 heteroatoms. The van der Waals surface area contributed by atoms with Crippen LogP contribution in [0.1, 0.15) is 39.0 Å². The van der Waals surface area contributed by atoms with Gasteiger partial charge in [-0.25, -0.2) is 0 Å². The highest BCUT2D eigenvalue weighted by atomic mass is 16.2. The average molecular weight is 241 g/mol. The Labute approximate surface area is 103 Å². The normalized spacial score (nSPS) is 22.9. The largest absolute Gasteiger partial charge is 0.370 e. The number of likely N-dealkylation sites (tertiary alicyclic amines) is 1. The summed E-state index contributed by atoms with van der Waals surface area (Å²) in [6.07, 6.45) is 4.33. The van der Waals surface area contributed by atoms with Crippen molar-refractivity contribution in [2.45, 2.75) is 45.1 Å². The number of amides is 2. The molecule has 1 aliphatic rings. The van der Waals surface area contributed by atoms with E-state index in [0.29, 0.717) is 5.92 Å². The second-order valence-electron chi connectivity index (χ2n) is 4.81. The van der Waals surface area contributed by atoms with E-state index in [-0.39, 0.29) is 12.3 Å². The lowest BCUT2D eigenvalue weighted by Gasteiger charge is -2.23. The van der Waals surface area contributed by atoms with Crippen LogP contribution in [0.3, 0.4) is 0 Å². The molecule has 2 amide bonds. The number of hydrogen-bond acceptors (Lipinski definition) is 3. The minimum absolute atomic E-state index is 0.0630. The highest BCUT2D eigenvalue weighted by molar-refractivity contribution is 5.87. The van der Waals surface area contributed by atoms with Crippen molar-refractivity contribution in [3.63, 3.8) is 0 Å². The molecule has 17 heavy (non-hydrogen) atoms. The third kappa shape index (κ3) is 4.34. The molecule has 1 saturated heterocycles. The lowest BCUT2D eigenvalue weighted by Crippen LogP contribution is -2.46. The second kappa shape index (κ2) is 6.59. The fourth-order valence-corrected chi connectivity index (χ4v) is 2.33. The first-order chi connectivity index (χ1) is 8.04. The molecule has 98 valence electrons. The van der Waals surface area contributed by atoms with Gasteiger partial charge in [0.1, 0.15) is 0 Å². The maximum Gasteiger partial charge on any atom is 0.240 e. The first kappa shape index (κ1) is 14.0. The first-order valence-corrected chi connectivity index (χ1v) is 6.37. The molecule has 1 rings (SSSR count). The fraction of sp³-hybridized carbons (Fsp3) is 0.833. The number of carbonyl (C=O) groups is 2. The second-order valence-corrected chi connectivity index (χ2v) is 4.81. The molecular formula is C12H23N3O2. The van der Waals surface area contributed by atoms with Gasteiger partial charge in [-0.05, 0) is 25.2 Å². The van der Waals surface area contributed by atoms with E-state index < -0.39 is 11.9 Å². The number of carbonyl (C=O) groups excluding carboxylic acids is 2. The third-order valence-corrected chi connectivity index (χ3v) is 3.47. The molecule has 0 aliphatic carbocycles. The molecule has 0 saturated carbocycles. The van der Waals surface area contributed by atoms with Gasteiger partial charge in [0.25, 0.3) is 0 Å². The van der Waals surface area contributed by atoms with Crippen LogP contribution in [0.15, 0.2) is 0 Å². The van der Waals surface area contributed by atoms with Crippen molar-refractivity contribution >= 4 is 11.8 Å². The van der Waals surface area contributed by atoms with E-state index in [1.807, 2.05) is 0 Å². The van der Waals surface area contributed by atoms with Gasteiger partial charge in [0.05, 0.1) is 12.5 Å². The molecule has 5 nitrogen and oxygen atoms in total. The van der Waals surface area contributed by atoms with Crippen LogP contribution in [0.4, 0.5) is 0 Å². The topological polar surface area (TPSA) is 89.4 Å². The van der Waals surface area contributed by atoms with Crippen LogP contribution < -0.4 is 11.5 Å². The molecular weight excluding hydrogens is 218 g/mol. The van der Waals surface area contributed by atoms with Crippen molar-refractivity contribution in [2.24, 2.45) is 17.4 Å². The summed E-state index contributed by atoms with van der Waals surface area (Å²) in [5.41, 5.74) is 10.7. The molecule has 0 aromatic heterocycles. The van der Waals surface area contributed by atoms with Crippen molar-refractivity contribution in [3.8, 4) is 0 Å². The van der Waals surface area contributed by atoms with E-state index in [2.05, 4.69) is 6.92 Å². The summed E-state index contributed by atoms with van der Waals surface area (Å²) in [5, 5.41) is 0. The first-order valence-electron chi connectivity index (χ1n) is 6.37. The van der Waals surface area contributed by atoms with Gasteiger partial charge in [-0.3, -0.25) is 9.59 Å². The van der Waals surface area contributed by atoms with E-state index in [4.69, 9.17) is 11.5 Å². The van der Waals surface area contributed by atoms with Crippen molar-refractivity contribution in [1.82, 2.24) is 4.90 Å². The molecule has 1 aliphatic heterocycles. The van der Waals surface area contributed by atoms with Gasteiger partial charge < -0.3 is 16.4 Å². The van der Waals surface area contributed by atoms with Crippen molar-refractivity contribution in [3.05, 3.63) is 0 Å². The highest BCUT2D eigenvalue weighted by Crippen LogP contribution is 2.20. The van der Waals surface area contributed by atoms with Crippen LogP contribution in [0.25, 0.3) is 0 Å². The summed E-state index contributed by atoms with van der Waals surface area (Å²) in [5.74, 6) is 0.0489. The van der Waals surface area contributed by atoms with E-state index in [1.54, 1.807) is 4.90 Å². The predicted molar refractivity (Wildman–Crippen MR) is 66.0 cm³/mol. The number of nitrogens with two attached hydrogens (primary N) is 2. The number of primary amides is 1. The molecule has 4 N–H and O–H groups in total. The Morgan fingerprint density at radius 2 is 2.06 bits per heavy atom.